The van der Waals surface area contributed by atoms with Gasteiger partial charge in [-0.1, -0.05) is 48.0 Å². The molecular formula is C20H26N2. The molecule has 1 N–H and O–H groups in total. The van der Waals surface area contributed by atoms with E-state index in [0.29, 0.717) is 6.04 Å². The van der Waals surface area contributed by atoms with Crippen molar-refractivity contribution in [2.45, 2.75) is 39.3 Å². The molecule has 0 bridgehead atoms. The van der Waals surface area contributed by atoms with Gasteiger partial charge in [-0.05, 0) is 43.9 Å². The summed E-state index contributed by atoms with van der Waals surface area (Å²) in [6.45, 7) is 7.78. The Morgan fingerprint density at radius 3 is 2.41 bits per heavy atom. The van der Waals surface area contributed by atoms with Crippen LogP contribution in [0.1, 0.15) is 29.5 Å². The Balaban J connectivity index is 1.51. The molecule has 0 spiro atoms. The summed E-state index contributed by atoms with van der Waals surface area (Å²) >= 11 is 0. The molecule has 2 heteroatoms. The van der Waals surface area contributed by atoms with Crippen molar-refractivity contribution in [1.29, 1.82) is 0 Å². The summed E-state index contributed by atoms with van der Waals surface area (Å²) in [5.41, 5.74) is 5.41. The molecule has 1 saturated heterocycles. The van der Waals surface area contributed by atoms with Crippen molar-refractivity contribution in [1.82, 2.24) is 4.90 Å². The van der Waals surface area contributed by atoms with Crippen molar-refractivity contribution in [2.24, 2.45) is 0 Å². The lowest BCUT2D eigenvalue weighted by Crippen LogP contribution is -2.38. The first-order chi connectivity index (χ1) is 10.7. The van der Waals surface area contributed by atoms with E-state index < -0.39 is 0 Å². The number of aryl methyl sites for hydroxylation is 2. The lowest BCUT2D eigenvalue weighted by molar-refractivity contribution is 0.211. The third-order valence-electron chi connectivity index (χ3n) is 4.58. The Labute approximate surface area is 134 Å². The van der Waals surface area contributed by atoms with E-state index in [1.165, 1.54) is 48.3 Å². The maximum Gasteiger partial charge on any atom is 0.0372 e. The molecule has 1 fully saturated rings. The van der Waals surface area contributed by atoms with Crippen LogP contribution in [0.5, 0.6) is 0 Å². The molecule has 3 rings (SSSR count). The molecule has 0 amide bonds. The molecule has 0 saturated carbocycles. The van der Waals surface area contributed by atoms with Crippen molar-refractivity contribution >= 4 is 5.69 Å². The molecule has 2 aromatic rings. The minimum Gasteiger partial charge on any atom is -0.382 e. The Morgan fingerprint density at radius 2 is 1.73 bits per heavy atom. The smallest absolute Gasteiger partial charge is 0.0372 e. The molecule has 0 unspecified atom stereocenters. The van der Waals surface area contributed by atoms with Crippen molar-refractivity contribution in [3.63, 3.8) is 0 Å². The highest BCUT2D eigenvalue weighted by atomic mass is 15.1. The van der Waals surface area contributed by atoms with Crippen LogP contribution < -0.4 is 5.32 Å². The number of benzene rings is 2. The summed E-state index contributed by atoms with van der Waals surface area (Å²) in [4.78, 5) is 2.56. The standard InChI is InChI=1S/C20H26N2/c1-16-8-9-20(17(2)14-16)21-19-10-12-22(13-11-19)15-18-6-4-3-5-7-18/h3-9,14,19,21H,10-13,15H2,1-2H3. The van der Waals surface area contributed by atoms with Gasteiger partial charge >= 0.3 is 0 Å². The number of likely N-dealkylation sites (tertiary alicyclic amines) is 1. The van der Waals surface area contributed by atoms with E-state index in [0.717, 1.165) is 6.54 Å². The zero-order valence-corrected chi connectivity index (χ0v) is 13.7. The molecule has 0 aliphatic carbocycles. The second kappa shape index (κ2) is 6.97. The largest absolute Gasteiger partial charge is 0.382 e. The van der Waals surface area contributed by atoms with Crippen LogP contribution in [-0.4, -0.2) is 24.0 Å². The zero-order valence-electron chi connectivity index (χ0n) is 13.7. The maximum absolute atomic E-state index is 3.73. The zero-order chi connectivity index (χ0) is 15.4. The predicted octanol–water partition coefficient (Wildman–Crippen LogP) is 4.38. The number of nitrogens with zero attached hydrogens (tertiary/aromatic N) is 1. The van der Waals surface area contributed by atoms with Crippen LogP contribution in [0.15, 0.2) is 48.5 Å². The van der Waals surface area contributed by atoms with Crippen LogP contribution in [0.2, 0.25) is 0 Å². The van der Waals surface area contributed by atoms with Crippen LogP contribution in [0, 0.1) is 13.8 Å². The van der Waals surface area contributed by atoms with Crippen molar-refractivity contribution in [2.75, 3.05) is 18.4 Å². The fraction of sp³-hybridized carbons (Fsp3) is 0.400. The SMILES string of the molecule is Cc1ccc(NC2CCN(Cc3ccccc3)CC2)c(C)c1. The highest BCUT2D eigenvalue weighted by Crippen LogP contribution is 2.21. The van der Waals surface area contributed by atoms with Gasteiger partial charge in [0.15, 0.2) is 0 Å². The second-order valence-corrected chi connectivity index (χ2v) is 6.50. The van der Waals surface area contributed by atoms with E-state index >= 15 is 0 Å². The second-order valence-electron chi connectivity index (χ2n) is 6.50. The van der Waals surface area contributed by atoms with Gasteiger partial charge in [0.25, 0.3) is 0 Å². The molecule has 2 aromatic carbocycles. The van der Waals surface area contributed by atoms with E-state index in [9.17, 15) is 0 Å². The number of hydrogen-bond acceptors (Lipinski definition) is 2. The number of piperidine rings is 1. The summed E-state index contributed by atoms with van der Waals surface area (Å²) < 4.78 is 0. The molecule has 1 heterocycles. The minimum atomic E-state index is 0.605. The van der Waals surface area contributed by atoms with Crippen LogP contribution in [0.25, 0.3) is 0 Å². The van der Waals surface area contributed by atoms with Gasteiger partial charge in [0.05, 0.1) is 0 Å². The Hall–Kier alpha value is -1.80. The molecule has 0 atom stereocenters. The Bertz CT molecular complexity index is 598. The molecule has 1 aliphatic heterocycles. The van der Waals surface area contributed by atoms with Gasteiger partial charge in [0.2, 0.25) is 0 Å². The average molecular weight is 294 g/mol. The summed E-state index contributed by atoms with van der Waals surface area (Å²) in [7, 11) is 0. The third-order valence-corrected chi connectivity index (χ3v) is 4.58. The molecule has 116 valence electrons. The lowest BCUT2D eigenvalue weighted by atomic mass is 10.0. The van der Waals surface area contributed by atoms with Crippen molar-refractivity contribution in [3.05, 3.63) is 65.2 Å². The van der Waals surface area contributed by atoms with Gasteiger partial charge < -0.3 is 5.32 Å². The van der Waals surface area contributed by atoms with Crippen LogP contribution in [0.3, 0.4) is 0 Å². The first-order valence-corrected chi connectivity index (χ1v) is 8.31. The Morgan fingerprint density at radius 1 is 1.00 bits per heavy atom. The Kier molecular flexibility index (Phi) is 4.79. The van der Waals surface area contributed by atoms with E-state index in [2.05, 4.69) is 72.6 Å². The number of rotatable bonds is 4. The topological polar surface area (TPSA) is 15.3 Å². The van der Waals surface area contributed by atoms with E-state index in [-0.39, 0.29) is 0 Å². The lowest BCUT2D eigenvalue weighted by Gasteiger charge is -2.33. The van der Waals surface area contributed by atoms with Crippen LogP contribution in [-0.2, 0) is 6.54 Å². The minimum absolute atomic E-state index is 0.605. The summed E-state index contributed by atoms with van der Waals surface area (Å²) in [6.07, 6.45) is 2.44. The van der Waals surface area contributed by atoms with Gasteiger partial charge in [-0.2, -0.15) is 0 Å². The maximum atomic E-state index is 3.73. The van der Waals surface area contributed by atoms with Crippen molar-refractivity contribution in [3.8, 4) is 0 Å². The van der Waals surface area contributed by atoms with Crippen LogP contribution >= 0.6 is 0 Å². The summed E-state index contributed by atoms with van der Waals surface area (Å²) in [5, 5.41) is 3.73. The fourth-order valence-electron chi connectivity index (χ4n) is 3.27. The first kappa shape index (κ1) is 15.1. The van der Waals surface area contributed by atoms with E-state index in [1.807, 2.05) is 0 Å². The van der Waals surface area contributed by atoms with Gasteiger partial charge in [0.1, 0.15) is 0 Å². The number of anilines is 1. The van der Waals surface area contributed by atoms with Crippen LogP contribution in [0.4, 0.5) is 5.69 Å². The van der Waals surface area contributed by atoms with Crippen molar-refractivity contribution < 1.29 is 0 Å². The summed E-state index contributed by atoms with van der Waals surface area (Å²) in [5.74, 6) is 0. The summed E-state index contributed by atoms with van der Waals surface area (Å²) in [6, 6.07) is 18.1. The monoisotopic (exact) mass is 294 g/mol. The van der Waals surface area contributed by atoms with E-state index in [1.54, 1.807) is 0 Å². The molecule has 1 aliphatic rings. The molecule has 22 heavy (non-hydrogen) atoms. The van der Waals surface area contributed by atoms with E-state index in [4.69, 9.17) is 0 Å². The molecule has 0 aromatic heterocycles. The molecule has 0 radical (unpaired) electrons. The van der Waals surface area contributed by atoms with Gasteiger partial charge in [-0.3, -0.25) is 4.90 Å². The molecule has 2 nitrogen and oxygen atoms in total. The highest BCUT2D eigenvalue weighted by Gasteiger charge is 2.19. The first-order valence-electron chi connectivity index (χ1n) is 8.31. The quantitative estimate of drug-likeness (QED) is 0.900. The fourth-order valence-corrected chi connectivity index (χ4v) is 3.27. The highest BCUT2D eigenvalue weighted by molar-refractivity contribution is 5.52. The average Bonchev–Trinajstić information content (AvgIpc) is 2.53. The molecular weight excluding hydrogens is 268 g/mol. The predicted molar refractivity (Wildman–Crippen MR) is 94.3 cm³/mol. The normalized spacial score (nSPS) is 16.6. The van der Waals surface area contributed by atoms with Gasteiger partial charge in [0, 0.05) is 31.4 Å². The van der Waals surface area contributed by atoms with Gasteiger partial charge in [-0.15, -0.1) is 0 Å². The number of nitrogens with one attached hydrogen (secondary N) is 1. The third kappa shape index (κ3) is 3.89. The number of hydrogen-bond donors (Lipinski definition) is 1. The van der Waals surface area contributed by atoms with Gasteiger partial charge in [-0.25, -0.2) is 0 Å².